The zero-order valence-corrected chi connectivity index (χ0v) is 16.6. The first-order valence-electron chi connectivity index (χ1n) is 9.00. The molecular formula is C21H28ClNO3. The molecule has 5 heteroatoms. The predicted molar refractivity (Wildman–Crippen MR) is 107 cm³/mol. The van der Waals surface area contributed by atoms with Gasteiger partial charge in [-0.05, 0) is 35.7 Å². The van der Waals surface area contributed by atoms with Crippen molar-refractivity contribution in [2.24, 2.45) is 0 Å². The van der Waals surface area contributed by atoms with Crippen molar-refractivity contribution in [1.82, 2.24) is 5.32 Å². The van der Waals surface area contributed by atoms with Gasteiger partial charge in [0.15, 0.2) is 11.5 Å². The minimum Gasteiger partial charge on any atom is -0.494 e. The van der Waals surface area contributed by atoms with Crippen LogP contribution in [0.1, 0.15) is 37.3 Å². The van der Waals surface area contributed by atoms with Gasteiger partial charge in [0.2, 0.25) is 0 Å². The van der Waals surface area contributed by atoms with E-state index in [2.05, 4.69) is 24.4 Å². The van der Waals surface area contributed by atoms with Crippen LogP contribution in [0.5, 0.6) is 17.2 Å². The monoisotopic (exact) mass is 377 g/mol. The molecule has 0 spiro atoms. The SMILES string of the molecule is CCCCCOc1cccc(CNCc2cc(OC)c(OC)cc2Cl)c1. The molecule has 0 atom stereocenters. The third-order valence-electron chi connectivity index (χ3n) is 4.11. The maximum Gasteiger partial charge on any atom is 0.162 e. The number of benzene rings is 2. The quantitative estimate of drug-likeness (QED) is 0.545. The normalized spacial score (nSPS) is 10.6. The summed E-state index contributed by atoms with van der Waals surface area (Å²) in [7, 11) is 3.22. The van der Waals surface area contributed by atoms with Gasteiger partial charge in [0.25, 0.3) is 0 Å². The number of unbranched alkanes of at least 4 members (excludes halogenated alkanes) is 2. The Morgan fingerprint density at radius 1 is 0.962 bits per heavy atom. The molecule has 0 fully saturated rings. The van der Waals surface area contributed by atoms with Crippen molar-refractivity contribution >= 4 is 11.6 Å². The Labute approximate surface area is 161 Å². The molecule has 0 aliphatic heterocycles. The second kappa shape index (κ2) is 10.9. The maximum atomic E-state index is 6.33. The molecule has 0 aliphatic rings. The molecule has 4 nitrogen and oxygen atoms in total. The van der Waals surface area contributed by atoms with Crippen molar-refractivity contribution in [1.29, 1.82) is 0 Å². The van der Waals surface area contributed by atoms with E-state index >= 15 is 0 Å². The summed E-state index contributed by atoms with van der Waals surface area (Å²) in [6, 6.07) is 11.9. The van der Waals surface area contributed by atoms with Gasteiger partial charge >= 0.3 is 0 Å². The maximum absolute atomic E-state index is 6.33. The Kier molecular flexibility index (Phi) is 8.59. The van der Waals surface area contributed by atoms with Gasteiger partial charge in [-0.2, -0.15) is 0 Å². The van der Waals surface area contributed by atoms with E-state index in [4.69, 9.17) is 25.8 Å². The number of hydrogen-bond acceptors (Lipinski definition) is 4. The highest BCUT2D eigenvalue weighted by Gasteiger charge is 2.09. The highest BCUT2D eigenvalue weighted by atomic mass is 35.5. The van der Waals surface area contributed by atoms with Crippen LogP contribution in [0.4, 0.5) is 0 Å². The van der Waals surface area contributed by atoms with Crippen molar-refractivity contribution < 1.29 is 14.2 Å². The standard InChI is InChI=1S/C21H28ClNO3/c1-4-5-6-10-26-18-9-7-8-16(11-18)14-23-15-17-12-20(24-2)21(25-3)13-19(17)22/h7-9,11-13,23H,4-6,10,14-15H2,1-3H3. The molecule has 26 heavy (non-hydrogen) atoms. The van der Waals surface area contributed by atoms with Gasteiger partial charge < -0.3 is 19.5 Å². The summed E-state index contributed by atoms with van der Waals surface area (Å²) in [4.78, 5) is 0. The van der Waals surface area contributed by atoms with Crippen molar-refractivity contribution in [3.63, 3.8) is 0 Å². The first-order valence-corrected chi connectivity index (χ1v) is 9.38. The van der Waals surface area contributed by atoms with Crippen molar-refractivity contribution in [3.8, 4) is 17.2 Å². The Morgan fingerprint density at radius 2 is 1.73 bits per heavy atom. The van der Waals surface area contributed by atoms with Crippen molar-refractivity contribution in [2.75, 3.05) is 20.8 Å². The summed E-state index contributed by atoms with van der Waals surface area (Å²) in [6.07, 6.45) is 3.50. The molecule has 0 saturated heterocycles. The molecule has 2 aromatic carbocycles. The van der Waals surface area contributed by atoms with Crippen molar-refractivity contribution in [2.45, 2.75) is 39.3 Å². The second-order valence-corrected chi connectivity index (χ2v) is 6.51. The summed E-state index contributed by atoms with van der Waals surface area (Å²) in [5, 5.41) is 4.07. The lowest BCUT2D eigenvalue weighted by atomic mass is 10.1. The Hall–Kier alpha value is -1.91. The van der Waals surface area contributed by atoms with E-state index in [1.807, 2.05) is 18.2 Å². The van der Waals surface area contributed by atoms with E-state index in [1.54, 1.807) is 20.3 Å². The molecule has 0 saturated carbocycles. The average Bonchev–Trinajstić information content (AvgIpc) is 2.66. The summed E-state index contributed by atoms with van der Waals surface area (Å²) in [5.41, 5.74) is 2.14. The Balaban J connectivity index is 1.89. The largest absolute Gasteiger partial charge is 0.494 e. The van der Waals surface area contributed by atoms with E-state index in [0.29, 0.717) is 23.1 Å². The molecule has 0 aromatic heterocycles. The molecule has 0 amide bonds. The van der Waals surface area contributed by atoms with Crippen LogP contribution in [-0.2, 0) is 13.1 Å². The van der Waals surface area contributed by atoms with Crippen LogP contribution in [0.3, 0.4) is 0 Å². The predicted octanol–water partition coefficient (Wildman–Crippen LogP) is 5.22. The number of rotatable bonds is 11. The minimum absolute atomic E-state index is 0.633. The lowest BCUT2D eigenvalue weighted by Gasteiger charge is -2.13. The summed E-state index contributed by atoms with van der Waals surface area (Å²) < 4.78 is 16.4. The third kappa shape index (κ3) is 6.11. The minimum atomic E-state index is 0.633. The van der Waals surface area contributed by atoms with Crippen LogP contribution < -0.4 is 19.5 Å². The molecule has 142 valence electrons. The molecule has 0 heterocycles. The van der Waals surface area contributed by atoms with Gasteiger partial charge in [-0.15, -0.1) is 0 Å². The number of hydrogen-bond donors (Lipinski definition) is 1. The van der Waals surface area contributed by atoms with E-state index < -0.39 is 0 Å². The van der Waals surface area contributed by atoms with Gasteiger partial charge in [-0.1, -0.05) is 43.5 Å². The Morgan fingerprint density at radius 3 is 2.46 bits per heavy atom. The summed E-state index contributed by atoms with van der Waals surface area (Å²) in [6.45, 7) is 4.33. The summed E-state index contributed by atoms with van der Waals surface area (Å²) in [5.74, 6) is 2.23. The fourth-order valence-corrected chi connectivity index (χ4v) is 2.88. The van der Waals surface area contributed by atoms with Crippen LogP contribution in [-0.4, -0.2) is 20.8 Å². The number of ether oxygens (including phenoxy) is 3. The van der Waals surface area contributed by atoms with Gasteiger partial charge in [-0.3, -0.25) is 0 Å². The molecule has 2 aromatic rings. The molecule has 2 rings (SSSR count). The van der Waals surface area contributed by atoms with Crippen LogP contribution in [0.2, 0.25) is 5.02 Å². The fraction of sp³-hybridized carbons (Fsp3) is 0.429. The Bertz CT molecular complexity index is 691. The highest BCUT2D eigenvalue weighted by molar-refractivity contribution is 6.31. The van der Waals surface area contributed by atoms with Crippen LogP contribution in [0.25, 0.3) is 0 Å². The van der Waals surface area contributed by atoms with Crippen molar-refractivity contribution in [3.05, 3.63) is 52.5 Å². The molecule has 0 radical (unpaired) electrons. The molecule has 0 bridgehead atoms. The van der Waals surface area contributed by atoms with E-state index in [0.717, 1.165) is 30.9 Å². The lowest BCUT2D eigenvalue weighted by molar-refractivity contribution is 0.306. The van der Waals surface area contributed by atoms with Gasteiger partial charge in [0.1, 0.15) is 5.75 Å². The third-order valence-corrected chi connectivity index (χ3v) is 4.46. The second-order valence-electron chi connectivity index (χ2n) is 6.11. The van der Waals surface area contributed by atoms with Gasteiger partial charge in [0, 0.05) is 24.2 Å². The van der Waals surface area contributed by atoms with Gasteiger partial charge in [0.05, 0.1) is 20.8 Å². The molecule has 1 N–H and O–H groups in total. The smallest absolute Gasteiger partial charge is 0.162 e. The number of halogens is 1. The molecule has 0 unspecified atom stereocenters. The van der Waals surface area contributed by atoms with Crippen LogP contribution >= 0.6 is 11.6 Å². The fourth-order valence-electron chi connectivity index (χ4n) is 2.66. The van der Waals surface area contributed by atoms with E-state index in [9.17, 15) is 0 Å². The molecule has 0 aliphatic carbocycles. The average molecular weight is 378 g/mol. The zero-order chi connectivity index (χ0) is 18.8. The van der Waals surface area contributed by atoms with Crippen LogP contribution in [0.15, 0.2) is 36.4 Å². The topological polar surface area (TPSA) is 39.7 Å². The summed E-state index contributed by atoms with van der Waals surface area (Å²) >= 11 is 6.33. The number of methoxy groups -OCH3 is 2. The first-order chi connectivity index (χ1) is 12.7. The molecular weight excluding hydrogens is 350 g/mol. The lowest BCUT2D eigenvalue weighted by Crippen LogP contribution is -2.13. The van der Waals surface area contributed by atoms with E-state index in [-0.39, 0.29) is 0 Å². The van der Waals surface area contributed by atoms with E-state index in [1.165, 1.54) is 18.4 Å². The first kappa shape index (κ1) is 20.4. The zero-order valence-electron chi connectivity index (χ0n) is 15.8. The highest BCUT2D eigenvalue weighted by Crippen LogP contribution is 2.33. The van der Waals surface area contributed by atoms with Gasteiger partial charge in [-0.25, -0.2) is 0 Å². The number of nitrogens with one attached hydrogen (secondary N) is 1. The van der Waals surface area contributed by atoms with Crippen LogP contribution in [0, 0.1) is 0 Å².